The molecule has 0 aliphatic carbocycles. The van der Waals surface area contributed by atoms with E-state index in [1.54, 1.807) is 24.5 Å². The SMILES string of the molecule is C.CC1(C)OB(c2cnc(N)cn2)OC1(C)C.Clc1cc2c(cc1Br)CCO2.Nc1cnc(-c2cc3c(cc2Cl)OCC3)cn1.O=C(Nc1cnc(-c2cc3c(cc2Cl)OCC3)cn1)c1ccccc1F. The van der Waals surface area contributed by atoms with Crippen molar-refractivity contribution in [3.63, 3.8) is 0 Å². The molecule has 15 nitrogen and oxygen atoms in total. The van der Waals surface area contributed by atoms with Crippen molar-refractivity contribution in [3.8, 4) is 39.8 Å². The van der Waals surface area contributed by atoms with Gasteiger partial charge in [-0.1, -0.05) is 54.4 Å². The lowest BCUT2D eigenvalue weighted by atomic mass is 9.85. The van der Waals surface area contributed by atoms with Crippen molar-refractivity contribution in [3.05, 3.63) is 145 Å². The first-order valence-electron chi connectivity index (χ1n) is 21.8. The highest BCUT2D eigenvalue weighted by molar-refractivity contribution is 9.10. The number of ether oxygens (including phenoxy) is 3. The predicted octanol–water partition coefficient (Wildman–Crippen LogP) is 10.5. The van der Waals surface area contributed by atoms with Gasteiger partial charge in [0.25, 0.3) is 5.91 Å². The second-order valence-corrected chi connectivity index (χ2v) is 19.1. The zero-order chi connectivity index (χ0) is 49.7. The Balaban J connectivity index is 0.000000145. The first-order chi connectivity index (χ1) is 33.4. The number of hydrogen-bond donors (Lipinski definition) is 3. The molecule has 5 N–H and O–H groups in total. The Morgan fingerprint density at radius 1 is 0.648 bits per heavy atom. The van der Waals surface area contributed by atoms with E-state index in [2.05, 4.69) is 51.2 Å². The number of rotatable bonds is 5. The smallest absolute Gasteiger partial charge is 0.493 e. The Morgan fingerprint density at radius 3 is 1.61 bits per heavy atom. The average molecular weight is 1090 g/mol. The number of carbonyl (C=O) groups is 1. The molecule has 0 saturated carbocycles. The van der Waals surface area contributed by atoms with Gasteiger partial charge in [-0.2, -0.15) is 0 Å². The molecule has 0 bridgehead atoms. The summed E-state index contributed by atoms with van der Waals surface area (Å²) >= 11 is 21.7. The van der Waals surface area contributed by atoms with Crippen LogP contribution in [0.25, 0.3) is 22.5 Å². The van der Waals surface area contributed by atoms with Crippen LogP contribution in [-0.4, -0.2) is 74.0 Å². The van der Waals surface area contributed by atoms with Crippen LogP contribution in [0.2, 0.25) is 15.1 Å². The van der Waals surface area contributed by atoms with E-state index < -0.39 is 18.8 Å². The summed E-state index contributed by atoms with van der Waals surface area (Å²) in [5, 5.41) is 4.37. The second-order valence-electron chi connectivity index (χ2n) is 17.1. The molecule has 0 radical (unpaired) electrons. The zero-order valence-electron chi connectivity index (χ0n) is 38.2. The normalized spacial score (nSPS) is 15.0. The highest BCUT2D eigenvalue weighted by Gasteiger charge is 2.52. The molecule has 4 aromatic carbocycles. The number of halogens is 5. The van der Waals surface area contributed by atoms with Gasteiger partial charge in [-0.05, 0) is 103 Å². The molecule has 7 heterocycles. The van der Waals surface area contributed by atoms with Gasteiger partial charge in [0.1, 0.15) is 34.7 Å². The molecular weight excluding hydrogens is 1040 g/mol. The Morgan fingerprint density at radius 2 is 1.13 bits per heavy atom. The summed E-state index contributed by atoms with van der Waals surface area (Å²) in [6.45, 7) is 10.1. The molecule has 0 unspecified atom stereocenters. The highest BCUT2D eigenvalue weighted by atomic mass is 79.9. The van der Waals surface area contributed by atoms with Crippen LogP contribution in [0.1, 0.15) is 62.2 Å². The zero-order valence-corrected chi connectivity index (χ0v) is 42.1. The number of fused-ring (bicyclic) bond motifs is 3. The van der Waals surface area contributed by atoms with Crippen LogP contribution in [0, 0.1) is 5.82 Å². The first kappa shape index (κ1) is 52.7. The second kappa shape index (κ2) is 22.5. The molecule has 21 heteroatoms. The molecule has 368 valence electrons. The first-order valence-corrected chi connectivity index (χ1v) is 23.8. The number of aromatic nitrogens is 6. The molecule has 7 aromatic rings. The van der Waals surface area contributed by atoms with Crippen molar-refractivity contribution >= 4 is 86.8 Å². The van der Waals surface area contributed by atoms with Crippen LogP contribution in [0.5, 0.6) is 17.2 Å². The summed E-state index contributed by atoms with van der Waals surface area (Å²) in [4.78, 5) is 37.0. The van der Waals surface area contributed by atoms with E-state index in [9.17, 15) is 9.18 Å². The summed E-state index contributed by atoms with van der Waals surface area (Å²) < 4.78 is 42.5. The van der Waals surface area contributed by atoms with Gasteiger partial charge >= 0.3 is 7.12 Å². The predicted molar refractivity (Wildman–Crippen MR) is 279 cm³/mol. The standard InChI is InChI=1S/C19H13ClFN3O2.C12H10ClN3O.C10H16BN3O2.C8H6BrClO.CH4/c20-14-8-17-11(5-6-26-17)7-13(14)16-9-23-18(10-22-16)24-19(25)12-3-1-2-4-15(12)21;13-9-4-11-7(1-2-17-11)3-8(9)10-5-16-12(14)6-15-10;1-9(2)10(3,4)16-11(15-9)7-5-14-8(12)6-13-7;9-6-3-5-1-2-11-8(5)4-7(6)10;/h1-4,7-10H,5-6H2,(H,23,24,25);3-6H,1-2H2,(H2,14,16);5-6H,1-4H3,(H2,12,14);3-4H,1-2H2;1H4. The van der Waals surface area contributed by atoms with Gasteiger partial charge in [-0.15, -0.1) is 0 Å². The molecule has 1 amide bonds. The molecule has 4 aliphatic heterocycles. The van der Waals surface area contributed by atoms with Crippen molar-refractivity contribution in [2.45, 2.75) is 65.6 Å². The van der Waals surface area contributed by atoms with Crippen LogP contribution < -0.4 is 36.6 Å². The van der Waals surface area contributed by atoms with Gasteiger partial charge in [0, 0.05) is 47.1 Å². The number of carbonyl (C=O) groups excluding carboxylic acids is 1. The molecule has 71 heavy (non-hydrogen) atoms. The third-order valence-electron chi connectivity index (χ3n) is 11.7. The van der Waals surface area contributed by atoms with Crippen LogP contribution >= 0.6 is 50.7 Å². The van der Waals surface area contributed by atoms with E-state index in [0.29, 0.717) is 51.2 Å². The number of nitrogens with one attached hydrogen (secondary N) is 1. The van der Waals surface area contributed by atoms with Gasteiger partial charge in [-0.25, -0.2) is 19.3 Å². The van der Waals surface area contributed by atoms with Crippen molar-refractivity contribution in [2.75, 3.05) is 36.6 Å². The monoisotopic (exact) mass is 1090 g/mol. The van der Waals surface area contributed by atoms with Crippen molar-refractivity contribution < 1.29 is 32.7 Å². The quantitative estimate of drug-likeness (QED) is 0.137. The molecule has 3 aromatic heterocycles. The van der Waals surface area contributed by atoms with E-state index in [-0.39, 0.29) is 30.0 Å². The minimum Gasteiger partial charge on any atom is -0.493 e. The van der Waals surface area contributed by atoms with Crippen molar-refractivity contribution in [1.82, 2.24) is 29.9 Å². The van der Waals surface area contributed by atoms with E-state index in [1.165, 1.54) is 48.5 Å². The maximum Gasteiger partial charge on any atom is 0.516 e. The van der Waals surface area contributed by atoms with Gasteiger partial charge in [0.2, 0.25) is 0 Å². The number of benzene rings is 4. The molecule has 0 spiro atoms. The van der Waals surface area contributed by atoms with E-state index >= 15 is 0 Å². The van der Waals surface area contributed by atoms with Crippen LogP contribution in [0.4, 0.5) is 21.8 Å². The Hall–Kier alpha value is -6.15. The number of hydrogen-bond acceptors (Lipinski definition) is 14. The average Bonchev–Trinajstić information content (AvgIpc) is 4.14. The lowest BCUT2D eigenvalue weighted by molar-refractivity contribution is 0.00578. The number of nitrogen functional groups attached to an aromatic ring is 2. The maximum absolute atomic E-state index is 13.7. The number of amides is 1. The summed E-state index contributed by atoms with van der Waals surface area (Å²) in [5.41, 5.74) is 17.2. The van der Waals surface area contributed by atoms with E-state index in [1.807, 2.05) is 58.0 Å². The molecule has 1 fully saturated rings. The largest absolute Gasteiger partial charge is 0.516 e. The van der Waals surface area contributed by atoms with Gasteiger partial charge in [-0.3, -0.25) is 19.7 Å². The third kappa shape index (κ3) is 12.5. The van der Waals surface area contributed by atoms with Crippen LogP contribution in [-0.2, 0) is 28.6 Å². The molecule has 11 rings (SSSR count). The van der Waals surface area contributed by atoms with Gasteiger partial charge < -0.3 is 40.3 Å². The fourth-order valence-corrected chi connectivity index (χ4v) is 8.28. The van der Waals surface area contributed by atoms with E-state index in [4.69, 9.17) is 69.8 Å². The lowest BCUT2D eigenvalue weighted by Gasteiger charge is -2.32. The van der Waals surface area contributed by atoms with Crippen molar-refractivity contribution in [2.24, 2.45) is 0 Å². The fourth-order valence-electron chi connectivity index (χ4n) is 7.24. The molecule has 0 atom stereocenters. The molecular formula is C50H49BBrCl3FN9O6. The molecule has 4 aliphatic rings. The van der Waals surface area contributed by atoms with Gasteiger partial charge in [0.05, 0.1) is 99.6 Å². The van der Waals surface area contributed by atoms with E-state index in [0.717, 1.165) is 75.5 Å². The Labute approximate surface area is 434 Å². The topological polar surface area (TPSA) is 205 Å². The highest BCUT2D eigenvalue weighted by Crippen LogP contribution is 2.39. The summed E-state index contributed by atoms with van der Waals surface area (Å²) in [6.07, 6.45) is 11.9. The minimum absolute atomic E-state index is 0. The number of nitrogens with two attached hydrogens (primary N) is 2. The Bertz CT molecular complexity index is 2990. The minimum atomic E-state index is -0.596. The lowest BCUT2D eigenvalue weighted by Crippen LogP contribution is -2.41. The molecule has 1 saturated heterocycles. The van der Waals surface area contributed by atoms with Crippen LogP contribution in [0.15, 0.2) is 102 Å². The number of anilines is 3. The summed E-state index contributed by atoms with van der Waals surface area (Å²) in [6, 6.07) is 17.2. The summed E-state index contributed by atoms with van der Waals surface area (Å²) in [5.74, 6) is 2.41. The van der Waals surface area contributed by atoms with Crippen molar-refractivity contribution in [1.29, 1.82) is 0 Å². The number of nitrogens with zero attached hydrogens (tertiary/aromatic N) is 6. The maximum atomic E-state index is 13.7. The summed E-state index contributed by atoms with van der Waals surface area (Å²) in [7, 11) is -0.474. The van der Waals surface area contributed by atoms with Gasteiger partial charge in [0.15, 0.2) is 5.82 Å². The van der Waals surface area contributed by atoms with Crippen LogP contribution in [0.3, 0.4) is 0 Å². The Kier molecular flexibility index (Phi) is 16.7. The third-order valence-corrected chi connectivity index (χ3v) is 13.5. The fraction of sp³-hybridized carbons (Fsp3) is 0.260.